The molecular formula is C16H24ClN. The van der Waals surface area contributed by atoms with Gasteiger partial charge in [0, 0.05) is 17.6 Å². The van der Waals surface area contributed by atoms with E-state index in [0.717, 1.165) is 11.6 Å². The Kier molecular flexibility index (Phi) is 4.34. The van der Waals surface area contributed by atoms with Crippen LogP contribution in [0.5, 0.6) is 0 Å². The van der Waals surface area contributed by atoms with Crippen LogP contribution in [0.3, 0.4) is 0 Å². The summed E-state index contributed by atoms with van der Waals surface area (Å²) in [6.07, 6.45) is 3.67. The van der Waals surface area contributed by atoms with Crippen molar-refractivity contribution in [3.8, 4) is 0 Å². The minimum atomic E-state index is 0.412. The smallest absolute Gasteiger partial charge is 0.0440 e. The highest BCUT2D eigenvalue weighted by Gasteiger charge is 2.31. The maximum Gasteiger partial charge on any atom is 0.0440 e. The number of halogens is 1. The molecule has 18 heavy (non-hydrogen) atoms. The first kappa shape index (κ1) is 13.9. The largest absolute Gasteiger partial charge is 0.313 e. The van der Waals surface area contributed by atoms with Crippen molar-refractivity contribution in [2.45, 2.75) is 52.0 Å². The molecule has 100 valence electrons. The summed E-state index contributed by atoms with van der Waals surface area (Å²) in [6.45, 7) is 8.02. The minimum Gasteiger partial charge on any atom is -0.313 e. The van der Waals surface area contributed by atoms with E-state index in [1.165, 1.54) is 24.8 Å². The van der Waals surface area contributed by atoms with Crippen molar-refractivity contribution in [2.75, 3.05) is 6.54 Å². The zero-order valence-electron chi connectivity index (χ0n) is 11.7. The summed E-state index contributed by atoms with van der Waals surface area (Å²) < 4.78 is 0. The Morgan fingerprint density at radius 1 is 1.28 bits per heavy atom. The van der Waals surface area contributed by atoms with Crippen LogP contribution in [-0.2, 0) is 0 Å². The van der Waals surface area contributed by atoms with Crippen molar-refractivity contribution >= 4 is 11.6 Å². The number of rotatable bonds is 5. The second kappa shape index (κ2) is 5.63. The van der Waals surface area contributed by atoms with E-state index in [-0.39, 0.29) is 0 Å². The third-order valence-electron chi connectivity index (χ3n) is 4.31. The van der Waals surface area contributed by atoms with Gasteiger partial charge in [-0.3, -0.25) is 0 Å². The van der Waals surface area contributed by atoms with Crippen molar-refractivity contribution in [3.05, 3.63) is 34.9 Å². The Morgan fingerprint density at radius 3 is 2.56 bits per heavy atom. The maximum atomic E-state index is 6.23. The first-order valence-corrected chi connectivity index (χ1v) is 7.37. The van der Waals surface area contributed by atoms with E-state index in [0.29, 0.717) is 17.4 Å². The summed E-state index contributed by atoms with van der Waals surface area (Å²) in [4.78, 5) is 0. The number of benzene rings is 1. The van der Waals surface area contributed by atoms with Gasteiger partial charge in [-0.2, -0.15) is 0 Å². The van der Waals surface area contributed by atoms with Crippen LogP contribution in [0.2, 0.25) is 5.02 Å². The minimum absolute atomic E-state index is 0.412. The maximum absolute atomic E-state index is 6.23. The molecule has 1 aliphatic carbocycles. The van der Waals surface area contributed by atoms with E-state index in [1.807, 2.05) is 12.1 Å². The van der Waals surface area contributed by atoms with Crippen molar-refractivity contribution < 1.29 is 0 Å². The molecule has 1 aliphatic rings. The van der Waals surface area contributed by atoms with Crippen LogP contribution in [-0.4, -0.2) is 12.6 Å². The van der Waals surface area contributed by atoms with Gasteiger partial charge in [-0.15, -0.1) is 0 Å². The highest BCUT2D eigenvalue weighted by Crippen LogP contribution is 2.40. The summed E-state index contributed by atoms with van der Waals surface area (Å²) in [5.41, 5.74) is 1.74. The molecule has 0 aliphatic heterocycles. The predicted octanol–water partition coefficient (Wildman–Crippen LogP) is 4.61. The molecule has 1 N–H and O–H groups in total. The van der Waals surface area contributed by atoms with Gasteiger partial charge in [0.05, 0.1) is 0 Å². The lowest BCUT2D eigenvalue weighted by molar-refractivity contribution is 0.239. The van der Waals surface area contributed by atoms with Crippen LogP contribution >= 0.6 is 11.6 Å². The predicted molar refractivity (Wildman–Crippen MR) is 79.3 cm³/mol. The van der Waals surface area contributed by atoms with Gasteiger partial charge in [-0.05, 0) is 42.2 Å². The quantitative estimate of drug-likeness (QED) is 0.820. The van der Waals surface area contributed by atoms with Crippen molar-refractivity contribution in [3.63, 3.8) is 0 Å². The first-order chi connectivity index (χ1) is 8.52. The summed E-state index contributed by atoms with van der Waals surface area (Å²) >= 11 is 6.23. The number of hydrogen-bond donors (Lipinski definition) is 1. The Hall–Kier alpha value is -0.530. The summed E-state index contributed by atoms with van der Waals surface area (Å²) in [5.74, 6) is 0.654. The zero-order chi connectivity index (χ0) is 13.2. The molecule has 0 atom stereocenters. The van der Waals surface area contributed by atoms with E-state index >= 15 is 0 Å². The van der Waals surface area contributed by atoms with E-state index in [4.69, 9.17) is 11.6 Å². The Bertz CT molecular complexity index is 394. The molecule has 1 aromatic rings. The third-order valence-corrected chi connectivity index (χ3v) is 4.65. The lowest BCUT2D eigenvalue weighted by Crippen LogP contribution is -2.44. The fourth-order valence-electron chi connectivity index (χ4n) is 2.39. The second-order valence-electron chi connectivity index (χ2n) is 6.29. The van der Waals surface area contributed by atoms with Crippen molar-refractivity contribution in [2.24, 2.45) is 5.41 Å². The average molecular weight is 266 g/mol. The Morgan fingerprint density at radius 2 is 1.94 bits per heavy atom. The molecule has 0 aromatic heterocycles. The van der Waals surface area contributed by atoms with E-state index in [9.17, 15) is 0 Å². The van der Waals surface area contributed by atoms with Gasteiger partial charge in [0.15, 0.2) is 0 Å². The fraction of sp³-hybridized carbons (Fsp3) is 0.625. The monoisotopic (exact) mass is 265 g/mol. The molecule has 0 amide bonds. The van der Waals surface area contributed by atoms with Gasteiger partial charge < -0.3 is 5.32 Å². The lowest BCUT2D eigenvalue weighted by atomic mass is 9.75. The van der Waals surface area contributed by atoms with Gasteiger partial charge in [-0.1, -0.05) is 50.6 Å². The molecule has 1 aromatic carbocycles. The van der Waals surface area contributed by atoms with Crippen LogP contribution in [0.15, 0.2) is 24.3 Å². The molecule has 1 fully saturated rings. The van der Waals surface area contributed by atoms with Crippen LogP contribution in [0.25, 0.3) is 0 Å². The van der Waals surface area contributed by atoms with E-state index in [1.54, 1.807) is 0 Å². The standard InChI is InChI=1S/C16H24ClN/c1-4-16(2,3)11-18-13-9-12(10-13)14-7-5-6-8-15(14)17/h5-8,12-13,18H,4,9-11H2,1-3H3. The van der Waals surface area contributed by atoms with Gasteiger partial charge >= 0.3 is 0 Å². The van der Waals surface area contributed by atoms with Crippen molar-refractivity contribution in [1.82, 2.24) is 5.32 Å². The SMILES string of the molecule is CCC(C)(C)CNC1CC(c2ccccc2Cl)C1. The molecule has 1 nitrogen and oxygen atoms in total. The molecule has 0 bridgehead atoms. The molecule has 0 radical (unpaired) electrons. The van der Waals surface area contributed by atoms with Crippen LogP contribution in [0, 0.1) is 5.41 Å². The van der Waals surface area contributed by atoms with Crippen LogP contribution in [0.1, 0.15) is 51.5 Å². The van der Waals surface area contributed by atoms with Gasteiger partial charge in [0.1, 0.15) is 0 Å². The molecule has 0 unspecified atom stereocenters. The highest BCUT2D eigenvalue weighted by atomic mass is 35.5. The lowest BCUT2D eigenvalue weighted by Gasteiger charge is -2.38. The molecular weight excluding hydrogens is 242 g/mol. The fourth-order valence-corrected chi connectivity index (χ4v) is 2.68. The van der Waals surface area contributed by atoms with Crippen LogP contribution in [0.4, 0.5) is 0 Å². The topological polar surface area (TPSA) is 12.0 Å². The van der Waals surface area contributed by atoms with Crippen molar-refractivity contribution in [1.29, 1.82) is 0 Å². The normalized spacial score (nSPS) is 23.8. The summed E-state index contributed by atoms with van der Waals surface area (Å²) in [7, 11) is 0. The third kappa shape index (κ3) is 3.27. The summed E-state index contributed by atoms with van der Waals surface area (Å²) in [5, 5.41) is 4.61. The van der Waals surface area contributed by atoms with E-state index < -0.39 is 0 Å². The Labute approximate surface area is 116 Å². The second-order valence-corrected chi connectivity index (χ2v) is 6.69. The van der Waals surface area contributed by atoms with E-state index in [2.05, 4.69) is 38.2 Å². The summed E-state index contributed by atoms with van der Waals surface area (Å²) in [6, 6.07) is 8.93. The van der Waals surface area contributed by atoms with Gasteiger partial charge in [0.2, 0.25) is 0 Å². The zero-order valence-corrected chi connectivity index (χ0v) is 12.4. The molecule has 0 heterocycles. The number of nitrogens with one attached hydrogen (secondary N) is 1. The number of hydrogen-bond acceptors (Lipinski definition) is 1. The average Bonchev–Trinajstić information content (AvgIpc) is 2.29. The molecule has 2 rings (SSSR count). The highest BCUT2D eigenvalue weighted by molar-refractivity contribution is 6.31. The molecule has 0 saturated heterocycles. The molecule has 1 saturated carbocycles. The van der Waals surface area contributed by atoms with Crippen LogP contribution < -0.4 is 5.32 Å². The Balaban J connectivity index is 1.79. The molecule has 0 spiro atoms. The van der Waals surface area contributed by atoms with Gasteiger partial charge in [0.25, 0.3) is 0 Å². The first-order valence-electron chi connectivity index (χ1n) is 6.99. The van der Waals surface area contributed by atoms with Gasteiger partial charge in [-0.25, -0.2) is 0 Å². The molecule has 2 heteroatoms.